The van der Waals surface area contributed by atoms with Crippen LogP contribution in [-0.4, -0.2) is 37.0 Å². The molecule has 1 saturated carbocycles. The van der Waals surface area contributed by atoms with Gasteiger partial charge in [-0.25, -0.2) is 8.78 Å². The summed E-state index contributed by atoms with van der Waals surface area (Å²) in [5.41, 5.74) is 1.60. The minimum atomic E-state index is -1.01. The van der Waals surface area contributed by atoms with Crippen molar-refractivity contribution < 1.29 is 18.7 Å². The number of fused-ring (bicyclic) bond motifs is 1. The van der Waals surface area contributed by atoms with Gasteiger partial charge in [0.2, 0.25) is 0 Å². The first kappa shape index (κ1) is 23.2. The fraction of sp³-hybridized carbons (Fsp3) is 0.333. The maximum Gasteiger partial charge on any atom is 0.253 e. The Kier molecular flexibility index (Phi) is 5.92. The molecule has 0 aliphatic heterocycles. The molecule has 0 unspecified atom stereocenters. The van der Waals surface area contributed by atoms with Crippen molar-refractivity contribution >= 4 is 16.8 Å². The van der Waals surface area contributed by atoms with Crippen molar-refractivity contribution in [1.29, 1.82) is 0 Å². The molecule has 182 valence electrons. The Balaban J connectivity index is 1.47. The van der Waals surface area contributed by atoms with Gasteiger partial charge in [0.05, 0.1) is 35.5 Å². The number of aryl methyl sites for hydroxylation is 1. The number of benzene rings is 2. The van der Waals surface area contributed by atoms with Crippen LogP contribution in [-0.2, 0) is 13.6 Å². The van der Waals surface area contributed by atoms with Gasteiger partial charge in [-0.1, -0.05) is 31.0 Å². The van der Waals surface area contributed by atoms with Crippen LogP contribution in [0.25, 0.3) is 22.0 Å². The number of carbonyl (C=O) groups excluding carboxylic acids is 1. The lowest BCUT2D eigenvalue weighted by Crippen LogP contribution is -2.52. The normalized spacial score (nSPS) is 20.3. The number of aromatic nitrogens is 3. The standard InChI is InChI=1S/C27H28F2N4O2/c1-27(35)11-4-3-8-24(27)31-26(34)20-16-33(23-7-5-6-21(28)25(20)23)15-18-10-9-17(12-22(18)29)19-13-30-32(2)14-19/h5-7,9-10,12-14,16,24,35H,3-4,8,11,15H2,1-2H3,(H,31,34)/t24-,27+/m0/s1. The number of nitrogens with zero attached hydrogens (tertiary/aromatic N) is 3. The molecule has 0 saturated heterocycles. The summed E-state index contributed by atoms with van der Waals surface area (Å²) in [6.07, 6.45) is 8.12. The van der Waals surface area contributed by atoms with E-state index in [1.807, 2.05) is 12.3 Å². The number of halogens is 2. The summed E-state index contributed by atoms with van der Waals surface area (Å²) in [6.45, 7) is 1.85. The van der Waals surface area contributed by atoms with E-state index in [4.69, 9.17) is 0 Å². The Hall–Kier alpha value is -3.52. The van der Waals surface area contributed by atoms with E-state index >= 15 is 4.39 Å². The second kappa shape index (κ2) is 8.92. The Labute approximate surface area is 202 Å². The molecule has 6 nitrogen and oxygen atoms in total. The van der Waals surface area contributed by atoms with E-state index in [0.717, 1.165) is 18.4 Å². The number of nitrogens with one attached hydrogen (secondary N) is 1. The van der Waals surface area contributed by atoms with Gasteiger partial charge in [-0.15, -0.1) is 0 Å². The molecule has 0 spiro atoms. The van der Waals surface area contributed by atoms with E-state index in [-0.39, 0.29) is 17.5 Å². The number of hydrogen-bond acceptors (Lipinski definition) is 3. The van der Waals surface area contributed by atoms with E-state index < -0.39 is 29.2 Å². The van der Waals surface area contributed by atoms with Gasteiger partial charge in [-0.2, -0.15) is 5.10 Å². The van der Waals surface area contributed by atoms with Gasteiger partial charge in [0, 0.05) is 36.0 Å². The van der Waals surface area contributed by atoms with Gasteiger partial charge in [0.15, 0.2) is 0 Å². The first-order valence-electron chi connectivity index (χ1n) is 11.8. The Morgan fingerprint density at radius 2 is 2.00 bits per heavy atom. The summed E-state index contributed by atoms with van der Waals surface area (Å²) < 4.78 is 33.3. The third-order valence-corrected chi connectivity index (χ3v) is 7.01. The van der Waals surface area contributed by atoms with Crippen molar-refractivity contribution in [1.82, 2.24) is 19.7 Å². The minimum absolute atomic E-state index is 0.132. The smallest absolute Gasteiger partial charge is 0.253 e. The fourth-order valence-electron chi connectivity index (χ4n) is 5.00. The largest absolute Gasteiger partial charge is 0.388 e. The van der Waals surface area contributed by atoms with Gasteiger partial charge in [-0.3, -0.25) is 9.48 Å². The highest BCUT2D eigenvalue weighted by molar-refractivity contribution is 6.07. The molecule has 2 N–H and O–H groups in total. The molecule has 8 heteroatoms. The van der Waals surface area contributed by atoms with Gasteiger partial charge in [-0.05, 0) is 43.5 Å². The van der Waals surface area contributed by atoms with E-state index in [1.165, 1.54) is 12.1 Å². The van der Waals surface area contributed by atoms with Gasteiger partial charge in [0.1, 0.15) is 11.6 Å². The van der Waals surface area contributed by atoms with Crippen LogP contribution in [0.1, 0.15) is 48.5 Å². The van der Waals surface area contributed by atoms with Crippen molar-refractivity contribution in [2.24, 2.45) is 7.05 Å². The molecule has 5 rings (SSSR count). The van der Waals surface area contributed by atoms with Crippen LogP contribution < -0.4 is 5.32 Å². The predicted octanol–water partition coefficient (Wildman–Crippen LogP) is 4.79. The molecular formula is C27H28F2N4O2. The summed E-state index contributed by atoms with van der Waals surface area (Å²) in [7, 11) is 1.80. The molecule has 35 heavy (non-hydrogen) atoms. The fourth-order valence-corrected chi connectivity index (χ4v) is 5.00. The lowest BCUT2D eigenvalue weighted by Gasteiger charge is -2.37. The summed E-state index contributed by atoms with van der Waals surface area (Å²) >= 11 is 0. The van der Waals surface area contributed by atoms with Gasteiger partial charge in [0.25, 0.3) is 5.91 Å². The van der Waals surface area contributed by atoms with Crippen LogP contribution in [0.15, 0.2) is 55.0 Å². The molecule has 2 aromatic carbocycles. The maximum atomic E-state index is 15.0. The molecule has 2 aromatic heterocycles. The summed E-state index contributed by atoms with van der Waals surface area (Å²) in [6, 6.07) is 9.16. The SMILES string of the molecule is Cn1cc(-c2ccc(Cn3cc(C(=O)N[C@H]4CCCC[C@@]4(C)O)c4c(F)cccc43)c(F)c2)cn1. The molecule has 1 aliphatic carbocycles. The van der Waals surface area contributed by atoms with Crippen molar-refractivity contribution in [3.63, 3.8) is 0 Å². The summed E-state index contributed by atoms with van der Waals surface area (Å²) in [4.78, 5) is 13.2. The summed E-state index contributed by atoms with van der Waals surface area (Å²) in [5, 5.41) is 17.9. The quantitative estimate of drug-likeness (QED) is 0.433. The average molecular weight is 479 g/mol. The zero-order valence-electron chi connectivity index (χ0n) is 19.8. The number of amides is 1. The second-order valence-electron chi connectivity index (χ2n) is 9.64. The minimum Gasteiger partial charge on any atom is -0.388 e. The molecule has 0 radical (unpaired) electrons. The molecular weight excluding hydrogens is 450 g/mol. The van der Waals surface area contributed by atoms with Crippen LogP contribution in [0.4, 0.5) is 8.78 Å². The molecule has 2 atom stereocenters. The van der Waals surface area contributed by atoms with Crippen LogP contribution in [0, 0.1) is 11.6 Å². The molecule has 4 aromatic rings. The van der Waals surface area contributed by atoms with Crippen LogP contribution >= 0.6 is 0 Å². The highest BCUT2D eigenvalue weighted by Gasteiger charge is 2.36. The van der Waals surface area contributed by atoms with Gasteiger partial charge >= 0.3 is 0 Å². The van der Waals surface area contributed by atoms with Crippen LogP contribution in [0.5, 0.6) is 0 Å². The van der Waals surface area contributed by atoms with Gasteiger partial charge < -0.3 is 15.0 Å². The van der Waals surface area contributed by atoms with E-state index in [0.29, 0.717) is 29.5 Å². The zero-order chi connectivity index (χ0) is 24.7. The molecule has 2 heterocycles. The molecule has 1 amide bonds. The third kappa shape index (κ3) is 4.46. The van der Waals surface area contributed by atoms with E-state index in [9.17, 15) is 14.3 Å². The number of hydrogen-bond donors (Lipinski definition) is 2. The highest BCUT2D eigenvalue weighted by Crippen LogP contribution is 2.30. The van der Waals surface area contributed by atoms with Crippen molar-refractivity contribution in [3.8, 4) is 11.1 Å². The Morgan fingerprint density at radius 3 is 2.71 bits per heavy atom. The summed E-state index contributed by atoms with van der Waals surface area (Å²) in [5.74, 6) is -1.36. The van der Waals surface area contributed by atoms with E-state index in [1.54, 1.807) is 53.8 Å². The maximum absolute atomic E-state index is 15.0. The number of carbonyl (C=O) groups is 1. The topological polar surface area (TPSA) is 72.1 Å². The lowest BCUT2D eigenvalue weighted by atomic mass is 9.81. The van der Waals surface area contributed by atoms with Crippen LogP contribution in [0.2, 0.25) is 0 Å². The monoisotopic (exact) mass is 478 g/mol. The van der Waals surface area contributed by atoms with Crippen molar-refractivity contribution in [2.75, 3.05) is 0 Å². The Morgan fingerprint density at radius 1 is 1.17 bits per heavy atom. The molecule has 1 aliphatic rings. The Bertz CT molecular complexity index is 1410. The molecule has 1 fully saturated rings. The number of rotatable bonds is 5. The predicted molar refractivity (Wildman–Crippen MR) is 130 cm³/mol. The number of aliphatic hydroxyl groups is 1. The third-order valence-electron chi connectivity index (χ3n) is 7.01. The second-order valence-corrected chi connectivity index (χ2v) is 9.64. The van der Waals surface area contributed by atoms with E-state index in [2.05, 4.69) is 10.4 Å². The van der Waals surface area contributed by atoms with Crippen LogP contribution in [0.3, 0.4) is 0 Å². The first-order valence-corrected chi connectivity index (χ1v) is 11.8. The lowest BCUT2D eigenvalue weighted by molar-refractivity contribution is -0.00859. The molecule has 0 bridgehead atoms. The zero-order valence-corrected chi connectivity index (χ0v) is 19.8. The van der Waals surface area contributed by atoms with Crippen molar-refractivity contribution in [3.05, 3.63) is 77.8 Å². The average Bonchev–Trinajstić information content (AvgIpc) is 3.41. The highest BCUT2D eigenvalue weighted by atomic mass is 19.1. The van der Waals surface area contributed by atoms with Crippen molar-refractivity contribution in [2.45, 2.75) is 50.8 Å². The first-order chi connectivity index (χ1) is 16.7.